The normalized spacial score (nSPS) is 15.8. The number of rotatable bonds is 14. The first-order valence-electron chi connectivity index (χ1n) is 11.2. The Morgan fingerprint density at radius 3 is 2.66 bits per heavy atom. The summed E-state index contributed by atoms with van der Waals surface area (Å²) in [5, 5.41) is 5.39. The third kappa shape index (κ3) is 9.51. The molecule has 1 saturated carbocycles. The van der Waals surface area contributed by atoms with Gasteiger partial charge in [-0.15, -0.1) is 0 Å². The SMILES string of the molecule is O=CCCCCCNC(=O)COCC(=O)Nc1cccc(CC(=O)C2CCCCC2=O)c1. The van der Waals surface area contributed by atoms with Crippen molar-refractivity contribution >= 4 is 35.4 Å². The van der Waals surface area contributed by atoms with E-state index >= 15 is 0 Å². The quantitative estimate of drug-likeness (QED) is 0.258. The van der Waals surface area contributed by atoms with E-state index in [9.17, 15) is 24.0 Å². The Morgan fingerprint density at radius 1 is 1.06 bits per heavy atom. The second-order valence-corrected chi connectivity index (χ2v) is 8.02. The predicted molar refractivity (Wildman–Crippen MR) is 119 cm³/mol. The predicted octanol–water partition coefficient (Wildman–Crippen LogP) is 2.39. The van der Waals surface area contributed by atoms with E-state index in [1.54, 1.807) is 24.3 Å². The van der Waals surface area contributed by atoms with Crippen LogP contribution in [0.5, 0.6) is 0 Å². The minimum atomic E-state index is -0.502. The largest absolute Gasteiger partial charge is 0.362 e. The summed E-state index contributed by atoms with van der Waals surface area (Å²) in [5.74, 6) is -1.25. The molecule has 32 heavy (non-hydrogen) atoms. The average Bonchev–Trinajstić information content (AvgIpc) is 2.76. The van der Waals surface area contributed by atoms with Gasteiger partial charge in [0.25, 0.3) is 0 Å². The number of carbonyl (C=O) groups is 5. The molecule has 8 heteroatoms. The Bertz CT molecular complexity index is 807. The Kier molecular flexibility index (Phi) is 11.3. The number of hydrogen-bond donors (Lipinski definition) is 2. The fraction of sp³-hybridized carbons (Fsp3) is 0.542. The number of anilines is 1. The topological polar surface area (TPSA) is 119 Å². The average molecular weight is 445 g/mol. The molecule has 0 aliphatic heterocycles. The molecule has 0 aromatic heterocycles. The fourth-order valence-corrected chi connectivity index (χ4v) is 3.65. The van der Waals surface area contributed by atoms with Gasteiger partial charge in [0.15, 0.2) is 0 Å². The molecule has 174 valence electrons. The van der Waals surface area contributed by atoms with Crippen molar-refractivity contribution in [2.45, 2.75) is 57.8 Å². The number of carbonyl (C=O) groups excluding carboxylic acids is 5. The van der Waals surface area contributed by atoms with Gasteiger partial charge in [-0.1, -0.05) is 25.0 Å². The first kappa shape index (κ1) is 25.4. The van der Waals surface area contributed by atoms with Crippen LogP contribution in [0.25, 0.3) is 0 Å². The lowest BCUT2D eigenvalue weighted by atomic mass is 9.83. The number of nitrogens with one attached hydrogen (secondary N) is 2. The van der Waals surface area contributed by atoms with Gasteiger partial charge in [-0.05, 0) is 43.4 Å². The summed E-state index contributed by atoms with van der Waals surface area (Å²) in [5.41, 5.74) is 1.26. The highest BCUT2D eigenvalue weighted by atomic mass is 16.5. The zero-order chi connectivity index (χ0) is 23.2. The molecule has 0 bridgehead atoms. The molecule has 0 radical (unpaired) electrons. The molecule has 1 unspecified atom stereocenters. The van der Waals surface area contributed by atoms with Crippen molar-refractivity contribution in [2.24, 2.45) is 5.92 Å². The van der Waals surface area contributed by atoms with Crippen LogP contribution in [0.1, 0.15) is 56.9 Å². The molecule has 1 aromatic rings. The zero-order valence-electron chi connectivity index (χ0n) is 18.4. The number of amides is 2. The number of ether oxygens (including phenoxy) is 1. The summed E-state index contributed by atoms with van der Waals surface area (Å²) in [6.45, 7) is 0.0173. The first-order chi connectivity index (χ1) is 15.5. The maximum Gasteiger partial charge on any atom is 0.250 e. The Balaban J connectivity index is 1.67. The monoisotopic (exact) mass is 444 g/mol. The molecule has 0 saturated heterocycles. The van der Waals surface area contributed by atoms with Gasteiger partial charge in [-0.25, -0.2) is 0 Å². The number of benzene rings is 1. The molecular formula is C24H32N2O6. The summed E-state index contributed by atoms with van der Waals surface area (Å²) in [6.07, 6.45) is 6.89. The van der Waals surface area contributed by atoms with Crippen molar-refractivity contribution in [3.63, 3.8) is 0 Å². The smallest absolute Gasteiger partial charge is 0.250 e. The van der Waals surface area contributed by atoms with Crippen molar-refractivity contribution in [3.8, 4) is 0 Å². The molecule has 1 aromatic carbocycles. The summed E-state index contributed by atoms with van der Waals surface area (Å²) in [4.78, 5) is 58.4. The Hall–Kier alpha value is -2.87. The van der Waals surface area contributed by atoms with E-state index in [0.29, 0.717) is 31.5 Å². The van der Waals surface area contributed by atoms with Gasteiger partial charge in [-0.3, -0.25) is 19.2 Å². The van der Waals surface area contributed by atoms with Crippen LogP contribution in [0.15, 0.2) is 24.3 Å². The molecule has 1 atom stereocenters. The zero-order valence-corrected chi connectivity index (χ0v) is 18.4. The van der Waals surface area contributed by atoms with E-state index in [1.165, 1.54) is 0 Å². The summed E-state index contributed by atoms with van der Waals surface area (Å²) in [6, 6.07) is 6.94. The second-order valence-electron chi connectivity index (χ2n) is 8.02. The fourth-order valence-electron chi connectivity index (χ4n) is 3.65. The minimum absolute atomic E-state index is 0.0322. The van der Waals surface area contributed by atoms with Crippen molar-refractivity contribution in [2.75, 3.05) is 25.1 Å². The van der Waals surface area contributed by atoms with Crippen molar-refractivity contribution < 1.29 is 28.7 Å². The molecule has 2 rings (SSSR count). The highest BCUT2D eigenvalue weighted by Gasteiger charge is 2.28. The molecular weight excluding hydrogens is 412 g/mol. The summed E-state index contributed by atoms with van der Waals surface area (Å²) in [7, 11) is 0. The van der Waals surface area contributed by atoms with Crippen molar-refractivity contribution in [3.05, 3.63) is 29.8 Å². The van der Waals surface area contributed by atoms with Crippen LogP contribution in [-0.4, -0.2) is 49.4 Å². The number of Topliss-reactive ketones (excluding diaryl/α,β-unsaturated/α-hetero) is 2. The maximum absolute atomic E-state index is 12.5. The highest BCUT2D eigenvalue weighted by molar-refractivity contribution is 6.03. The van der Waals surface area contributed by atoms with Crippen LogP contribution < -0.4 is 10.6 Å². The number of hydrogen-bond acceptors (Lipinski definition) is 6. The van der Waals surface area contributed by atoms with Crippen molar-refractivity contribution in [1.82, 2.24) is 5.32 Å². The van der Waals surface area contributed by atoms with Crippen molar-refractivity contribution in [1.29, 1.82) is 0 Å². The van der Waals surface area contributed by atoms with Crippen LogP contribution >= 0.6 is 0 Å². The molecule has 8 nitrogen and oxygen atoms in total. The molecule has 1 aliphatic carbocycles. The Morgan fingerprint density at radius 2 is 1.88 bits per heavy atom. The standard InChI is InChI=1S/C24H32N2O6/c27-13-6-2-1-5-12-25-23(30)16-32-17-24(31)26-19-9-7-8-18(14-19)15-22(29)20-10-3-4-11-21(20)28/h7-9,13-14,20H,1-6,10-12,15-17H2,(H,25,30)(H,26,31). The lowest BCUT2D eigenvalue weighted by molar-refractivity contribution is -0.134. The van der Waals surface area contributed by atoms with Gasteiger partial charge in [-0.2, -0.15) is 0 Å². The maximum atomic E-state index is 12.5. The van der Waals surface area contributed by atoms with Gasteiger partial charge >= 0.3 is 0 Å². The van der Waals surface area contributed by atoms with Crippen LogP contribution in [0.3, 0.4) is 0 Å². The lowest BCUT2D eigenvalue weighted by Gasteiger charge is -2.19. The number of unbranched alkanes of at least 4 members (excludes halogenated alkanes) is 3. The molecule has 0 heterocycles. The molecule has 1 aliphatic rings. The highest BCUT2D eigenvalue weighted by Crippen LogP contribution is 2.23. The second kappa shape index (κ2) is 14.2. The number of aldehydes is 1. The van der Waals surface area contributed by atoms with E-state index in [2.05, 4.69) is 10.6 Å². The minimum Gasteiger partial charge on any atom is -0.362 e. The van der Waals surface area contributed by atoms with E-state index in [4.69, 9.17) is 4.74 Å². The molecule has 2 N–H and O–H groups in total. The van der Waals surface area contributed by atoms with Gasteiger partial charge in [0.2, 0.25) is 11.8 Å². The Labute approximate surface area is 188 Å². The van der Waals surface area contributed by atoms with E-state index in [-0.39, 0.29) is 37.1 Å². The summed E-state index contributed by atoms with van der Waals surface area (Å²) < 4.78 is 5.15. The van der Waals surface area contributed by atoms with E-state index in [0.717, 1.165) is 44.0 Å². The molecule has 2 amide bonds. The summed E-state index contributed by atoms with van der Waals surface area (Å²) >= 11 is 0. The van der Waals surface area contributed by atoms with Crippen LogP contribution in [0.4, 0.5) is 5.69 Å². The van der Waals surface area contributed by atoms with Crippen LogP contribution in [-0.2, 0) is 35.1 Å². The third-order valence-electron chi connectivity index (χ3n) is 5.32. The first-order valence-corrected chi connectivity index (χ1v) is 11.2. The van der Waals surface area contributed by atoms with Gasteiger partial charge in [0.05, 0.1) is 5.92 Å². The molecule has 0 spiro atoms. The van der Waals surface area contributed by atoms with Gasteiger partial charge < -0.3 is 20.2 Å². The number of ketones is 2. The van der Waals surface area contributed by atoms with E-state index < -0.39 is 11.8 Å². The van der Waals surface area contributed by atoms with Gasteiger partial charge in [0, 0.05) is 31.5 Å². The van der Waals surface area contributed by atoms with Crippen LogP contribution in [0, 0.1) is 5.92 Å². The third-order valence-corrected chi connectivity index (χ3v) is 5.32. The van der Waals surface area contributed by atoms with E-state index in [1.807, 2.05) is 0 Å². The lowest BCUT2D eigenvalue weighted by Crippen LogP contribution is -2.30. The van der Waals surface area contributed by atoms with Crippen LogP contribution in [0.2, 0.25) is 0 Å². The molecule has 1 fully saturated rings. The van der Waals surface area contributed by atoms with Gasteiger partial charge in [0.1, 0.15) is 31.1 Å².